The van der Waals surface area contributed by atoms with Crippen molar-refractivity contribution in [3.8, 4) is 5.88 Å². The number of aromatic nitrogens is 1. The summed E-state index contributed by atoms with van der Waals surface area (Å²) < 4.78 is 18.3. The fourth-order valence-corrected chi connectivity index (χ4v) is 2.17. The highest BCUT2D eigenvalue weighted by molar-refractivity contribution is 5.93. The van der Waals surface area contributed by atoms with Crippen LogP contribution in [0.3, 0.4) is 0 Å². The Balaban J connectivity index is 1.41. The van der Waals surface area contributed by atoms with E-state index in [4.69, 9.17) is 4.74 Å². The topological polar surface area (TPSA) is 80.3 Å². The number of nitrogens with one attached hydrogen (secondary N) is 2. The van der Waals surface area contributed by atoms with E-state index in [0.29, 0.717) is 11.3 Å². The Bertz CT molecular complexity index is 760. The van der Waals surface area contributed by atoms with Crippen molar-refractivity contribution in [3.63, 3.8) is 0 Å². The average molecular weight is 343 g/mol. The van der Waals surface area contributed by atoms with E-state index in [-0.39, 0.29) is 42.6 Å². The van der Waals surface area contributed by atoms with Gasteiger partial charge in [-0.2, -0.15) is 0 Å². The van der Waals surface area contributed by atoms with Gasteiger partial charge in [0.05, 0.1) is 11.9 Å². The molecule has 1 heterocycles. The number of amides is 2. The number of ether oxygens (including phenoxy) is 1. The first-order chi connectivity index (χ1) is 12.1. The van der Waals surface area contributed by atoms with Gasteiger partial charge < -0.3 is 15.4 Å². The molecule has 6 nitrogen and oxygen atoms in total. The standard InChI is InChI=1S/C18H18FN3O3/c19-14-3-1-2-12(8-14)9-20-16(23)11-25-17-7-6-15(10-21-17)22-18(24)13-4-5-13/h1-3,6-8,10,13H,4-5,9,11H2,(H,20,23)(H,22,24). The third-order valence-corrected chi connectivity index (χ3v) is 3.68. The van der Waals surface area contributed by atoms with E-state index in [9.17, 15) is 14.0 Å². The molecule has 1 aromatic carbocycles. The Hall–Kier alpha value is -2.96. The molecule has 7 heteroatoms. The number of hydrogen-bond acceptors (Lipinski definition) is 4. The molecular weight excluding hydrogens is 325 g/mol. The molecule has 1 saturated carbocycles. The van der Waals surface area contributed by atoms with Gasteiger partial charge in [0, 0.05) is 18.5 Å². The third-order valence-electron chi connectivity index (χ3n) is 3.68. The van der Waals surface area contributed by atoms with Crippen molar-refractivity contribution < 1.29 is 18.7 Å². The molecule has 130 valence electrons. The fraction of sp³-hybridized carbons (Fsp3) is 0.278. The molecule has 0 spiro atoms. The molecule has 1 aromatic heterocycles. The van der Waals surface area contributed by atoms with Gasteiger partial charge in [0.2, 0.25) is 11.8 Å². The minimum Gasteiger partial charge on any atom is -0.468 e. The molecule has 2 N–H and O–H groups in total. The maximum Gasteiger partial charge on any atom is 0.258 e. The van der Waals surface area contributed by atoms with Gasteiger partial charge in [-0.25, -0.2) is 9.37 Å². The lowest BCUT2D eigenvalue weighted by Gasteiger charge is -2.08. The van der Waals surface area contributed by atoms with Gasteiger partial charge >= 0.3 is 0 Å². The zero-order chi connectivity index (χ0) is 17.6. The molecule has 0 unspecified atom stereocenters. The smallest absolute Gasteiger partial charge is 0.258 e. The summed E-state index contributed by atoms with van der Waals surface area (Å²) in [5, 5.41) is 5.41. The Labute approximate surface area is 144 Å². The van der Waals surface area contributed by atoms with Crippen LogP contribution in [0.5, 0.6) is 5.88 Å². The van der Waals surface area contributed by atoms with Gasteiger partial charge in [-0.3, -0.25) is 9.59 Å². The lowest BCUT2D eigenvalue weighted by atomic mass is 10.2. The van der Waals surface area contributed by atoms with Crippen LogP contribution >= 0.6 is 0 Å². The maximum absolute atomic E-state index is 13.0. The molecule has 2 aromatic rings. The van der Waals surface area contributed by atoms with E-state index in [2.05, 4.69) is 15.6 Å². The predicted molar refractivity (Wildman–Crippen MR) is 89.3 cm³/mol. The van der Waals surface area contributed by atoms with Crippen LogP contribution in [0.25, 0.3) is 0 Å². The van der Waals surface area contributed by atoms with Gasteiger partial charge in [-0.05, 0) is 36.6 Å². The zero-order valence-corrected chi connectivity index (χ0v) is 13.5. The summed E-state index contributed by atoms with van der Waals surface area (Å²) >= 11 is 0. The fourth-order valence-electron chi connectivity index (χ4n) is 2.17. The first-order valence-electron chi connectivity index (χ1n) is 8.01. The first-order valence-corrected chi connectivity index (χ1v) is 8.01. The second-order valence-corrected chi connectivity index (χ2v) is 5.84. The number of carbonyl (C=O) groups is 2. The van der Waals surface area contributed by atoms with Gasteiger partial charge in [-0.15, -0.1) is 0 Å². The normalized spacial score (nSPS) is 13.2. The molecule has 2 amide bonds. The molecule has 1 aliphatic carbocycles. The molecule has 0 aliphatic heterocycles. The first kappa shape index (κ1) is 16.9. The van der Waals surface area contributed by atoms with Crippen molar-refractivity contribution >= 4 is 17.5 Å². The van der Waals surface area contributed by atoms with Gasteiger partial charge in [0.15, 0.2) is 6.61 Å². The van der Waals surface area contributed by atoms with Crippen molar-refractivity contribution in [1.82, 2.24) is 10.3 Å². The summed E-state index contributed by atoms with van der Waals surface area (Å²) in [6.45, 7) is 0.0234. The summed E-state index contributed by atoms with van der Waals surface area (Å²) in [6.07, 6.45) is 3.36. The minimum atomic E-state index is -0.346. The Morgan fingerprint density at radius 2 is 2.08 bits per heavy atom. The van der Waals surface area contributed by atoms with Crippen LogP contribution in [-0.2, 0) is 16.1 Å². The molecule has 0 saturated heterocycles. The molecular formula is C18H18FN3O3. The predicted octanol–water partition coefficient (Wildman–Crippen LogP) is 2.26. The lowest BCUT2D eigenvalue weighted by molar-refractivity contribution is -0.123. The number of halogens is 1. The van der Waals surface area contributed by atoms with Crippen LogP contribution in [0, 0.1) is 11.7 Å². The van der Waals surface area contributed by atoms with Gasteiger partial charge in [0.25, 0.3) is 5.91 Å². The van der Waals surface area contributed by atoms with Gasteiger partial charge in [0.1, 0.15) is 5.82 Å². The minimum absolute atomic E-state index is 0.00666. The number of benzene rings is 1. The largest absolute Gasteiger partial charge is 0.468 e. The van der Waals surface area contributed by atoms with Crippen molar-refractivity contribution in [2.24, 2.45) is 5.92 Å². The third kappa shape index (κ3) is 5.27. The Kier molecular flexibility index (Phi) is 5.23. The van der Waals surface area contributed by atoms with Gasteiger partial charge in [-0.1, -0.05) is 12.1 Å². The van der Waals surface area contributed by atoms with E-state index in [0.717, 1.165) is 12.8 Å². The summed E-state index contributed by atoms with van der Waals surface area (Å²) in [4.78, 5) is 27.4. The Morgan fingerprint density at radius 3 is 2.76 bits per heavy atom. The maximum atomic E-state index is 13.0. The second-order valence-electron chi connectivity index (χ2n) is 5.84. The highest BCUT2D eigenvalue weighted by Gasteiger charge is 2.29. The SMILES string of the molecule is O=C(COc1ccc(NC(=O)C2CC2)cn1)NCc1cccc(F)c1. The van der Waals surface area contributed by atoms with E-state index in [1.165, 1.54) is 18.3 Å². The van der Waals surface area contributed by atoms with Crippen molar-refractivity contribution in [2.45, 2.75) is 19.4 Å². The number of nitrogens with zero attached hydrogens (tertiary/aromatic N) is 1. The lowest BCUT2D eigenvalue weighted by Crippen LogP contribution is -2.28. The van der Waals surface area contributed by atoms with Crippen molar-refractivity contribution in [2.75, 3.05) is 11.9 Å². The van der Waals surface area contributed by atoms with Crippen molar-refractivity contribution in [3.05, 3.63) is 54.0 Å². The molecule has 0 radical (unpaired) electrons. The molecule has 1 aliphatic rings. The van der Waals surface area contributed by atoms with E-state index in [1.54, 1.807) is 24.3 Å². The van der Waals surface area contributed by atoms with Crippen LogP contribution in [0.15, 0.2) is 42.6 Å². The second kappa shape index (κ2) is 7.74. The zero-order valence-electron chi connectivity index (χ0n) is 13.5. The summed E-state index contributed by atoms with van der Waals surface area (Å²) in [5.74, 6) is -0.270. The number of hydrogen-bond donors (Lipinski definition) is 2. The molecule has 0 atom stereocenters. The average Bonchev–Trinajstić information content (AvgIpc) is 3.44. The molecule has 0 bridgehead atoms. The van der Waals surface area contributed by atoms with Crippen LogP contribution in [0.1, 0.15) is 18.4 Å². The molecule has 25 heavy (non-hydrogen) atoms. The van der Waals surface area contributed by atoms with E-state index >= 15 is 0 Å². The molecule has 1 fully saturated rings. The van der Waals surface area contributed by atoms with Crippen LogP contribution in [0.4, 0.5) is 10.1 Å². The van der Waals surface area contributed by atoms with E-state index < -0.39 is 0 Å². The number of anilines is 1. The quantitative estimate of drug-likeness (QED) is 0.808. The van der Waals surface area contributed by atoms with Crippen molar-refractivity contribution in [1.29, 1.82) is 0 Å². The Morgan fingerprint density at radius 1 is 1.24 bits per heavy atom. The van der Waals surface area contributed by atoms with Crippen LogP contribution in [-0.4, -0.2) is 23.4 Å². The summed E-state index contributed by atoms with van der Waals surface area (Å²) in [5.41, 5.74) is 1.27. The summed E-state index contributed by atoms with van der Waals surface area (Å²) in [7, 11) is 0. The van der Waals surface area contributed by atoms with E-state index in [1.807, 2.05) is 0 Å². The van der Waals surface area contributed by atoms with Crippen LogP contribution < -0.4 is 15.4 Å². The summed E-state index contributed by atoms with van der Waals surface area (Å²) in [6, 6.07) is 9.27. The number of rotatable bonds is 7. The number of pyridine rings is 1. The highest BCUT2D eigenvalue weighted by Crippen LogP contribution is 2.30. The highest BCUT2D eigenvalue weighted by atomic mass is 19.1. The number of carbonyl (C=O) groups excluding carboxylic acids is 2. The monoisotopic (exact) mass is 343 g/mol. The van der Waals surface area contributed by atoms with Crippen LogP contribution in [0.2, 0.25) is 0 Å². The molecule has 3 rings (SSSR count).